The fourth-order valence-corrected chi connectivity index (χ4v) is 3.92. The van der Waals surface area contributed by atoms with Crippen molar-refractivity contribution in [2.45, 2.75) is 63.8 Å². The molecule has 1 unspecified atom stereocenters. The summed E-state index contributed by atoms with van der Waals surface area (Å²) in [5.74, 6) is 1.45. The molecule has 5 heteroatoms. The van der Waals surface area contributed by atoms with Gasteiger partial charge in [-0.1, -0.05) is 12.8 Å². The maximum absolute atomic E-state index is 12.0. The number of rotatable bonds is 8. The van der Waals surface area contributed by atoms with Crippen LogP contribution < -0.4 is 10.6 Å². The summed E-state index contributed by atoms with van der Waals surface area (Å²) in [5, 5.41) is 6.08. The third kappa shape index (κ3) is 5.48. The minimum absolute atomic E-state index is 0.137. The van der Waals surface area contributed by atoms with Crippen LogP contribution in [0.3, 0.4) is 0 Å². The quantitative estimate of drug-likeness (QED) is 0.669. The van der Waals surface area contributed by atoms with Gasteiger partial charge in [0.2, 0.25) is 11.8 Å². The lowest BCUT2D eigenvalue weighted by molar-refractivity contribution is -0.123. The molecule has 2 N–H and O–H groups in total. The van der Waals surface area contributed by atoms with E-state index in [1.165, 1.54) is 32.2 Å². The van der Waals surface area contributed by atoms with Crippen LogP contribution in [0.2, 0.25) is 0 Å². The van der Waals surface area contributed by atoms with Crippen molar-refractivity contribution in [1.29, 1.82) is 0 Å². The molecule has 23 heavy (non-hydrogen) atoms. The van der Waals surface area contributed by atoms with E-state index >= 15 is 0 Å². The molecule has 2 amide bonds. The van der Waals surface area contributed by atoms with Gasteiger partial charge < -0.3 is 15.5 Å². The van der Waals surface area contributed by atoms with Gasteiger partial charge in [-0.05, 0) is 44.4 Å². The van der Waals surface area contributed by atoms with Crippen molar-refractivity contribution in [2.24, 2.45) is 11.8 Å². The lowest BCUT2D eigenvalue weighted by Crippen LogP contribution is -2.38. The third-order valence-electron chi connectivity index (χ3n) is 5.46. The van der Waals surface area contributed by atoms with Crippen LogP contribution >= 0.6 is 0 Å². The maximum atomic E-state index is 12.0. The summed E-state index contributed by atoms with van der Waals surface area (Å²) >= 11 is 0. The minimum atomic E-state index is 0.137. The Hall–Kier alpha value is -1.10. The fraction of sp³-hybridized carbons (Fsp3) is 0.889. The Labute approximate surface area is 139 Å². The first kappa shape index (κ1) is 16.7. The zero-order valence-electron chi connectivity index (χ0n) is 14.2. The minimum Gasteiger partial charge on any atom is -0.356 e. The van der Waals surface area contributed by atoms with E-state index in [2.05, 4.69) is 15.5 Å². The van der Waals surface area contributed by atoms with Crippen molar-refractivity contribution in [3.05, 3.63) is 0 Å². The van der Waals surface area contributed by atoms with E-state index in [1.807, 2.05) is 0 Å². The number of carbonyl (C=O) groups excluding carboxylic acids is 2. The van der Waals surface area contributed by atoms with Gasteiger partial charge in [-0.25, -0.2) is 0 Å². The molecule has 3 aliphatic rings. The average Bonchev–Trinajstić information content (AvgIpc) is 3.10. The molecule has 5 nitrogen and oxygen atoms in total. The lowest BCUT2D eigenvalue weighted by Gasteiger charge is -2.20. The molecular formula is C18H31N3O2. The molecular weight excluding hydrogens is 290 g/mol. The Balaban J connectivity index is 1.24. The van der Waals surface area contributed by atoms with E-state index in [0.717, 1.165) is 44.7 Å². The van der Waals surface area contributed by atoms with Gasteiger partial charge in [0.05, 0.1) is 0 Å². The number of likely N-dealkylation sites (tertiary alicyclic amines) is 1. The summed E-state index contributed by atoms with van der Waals surface area (Å²) in [6, 6.07) is 0.324. The van der Waals surface area contributed by atoms with Crippen LogP contribution in [-0.2, 0) is 9.59 Å². The molecule has 0 aromatic rings. The molecule has 3 rings (SSSR count). The van der Waals surface area contributed by atoms with Crippen molar-refractivity contribution in [1.82, 2.24) is 15.5 Å². The molecule has 0 aromatic carbocycles. The van der Waals surface area contributed by atoms with E-state index in [0.29, 0.717) is 19.0 Å². The summed E-state index contributed by atoms with van der Waals surface area (Å²) in [7, 11) is 0. The van der Waals surface area contributed by atoms with Crippen molar-refractivity contribution < 1.29 is 9.59 Å². The van der Waals surface area contributed by atoms with E-state index in [9.17, 15) is 9.59 Å². The number of hydrogen-bond donors (Lipinski definition) is 2. The zero-order chi connectivity index (χ0) is 16.1. The van der Waals surface area contributed by atoms with Crippen LogP contribution in [-0.4, -0.2) is 48.9 Å². The van der Waals surface area contributed by atoms with Crippen LogP contribution in [0, 0.1) is 11.8 Å². The number of nitrogens with one attached hydrogen (secondary N) is 2. The standard InChI is InChI=1S/C18H31N3O2/c22-17(6-3-10-19-18(23)15-7-8-15)20-16-9-11-21(13-16)12-14-4-1-2-5-14/h14-16H,1-13H2,(H,19,23)(H,20,22). The average molecular weight is 321 g/mol. The van der Waals surface area contributed by atoms with Crippen LogP contribution in [0.5, 0.6) is 0 Å². The first-order valence-corrected chi connectivity index (χ1v) is 9.50. The summed E-state index contributed by atoms with van der Waals surface area (Å²) < 4.78 is 0. The molecule has 2 saturated carbocycles. The number of carbonyl (C=O) groups is 2. The molecule has 0 radical (unpaired) electrons. The largest absolute Gasteiger partial charge is 0.356 e. The monoisotopic (exact) mass is 321 g/mol. The van der Waals surface area contributed by atoms with Gasteiger partial charge >= 0.3 is 0 Å². The highest BCUT2D eigenvalue weighted by atomic mass is 16.2. The molecule has 0 aromatic heterocycles. The third-order valence-corrected chi connectivity index (χ3v) is 5.46. The smallest absolute Gasteiger partial charge is 0.223 e. The topological polar surface area (TPSA) is 61.4 Å². The molecule has 1 saturated heterocycles. The SMILES string of the molecule is O=C(CCCNC(=O)C1CC1)NC1CCN(CC2CCCC2)C1. The molecule has 3 fully saturated rings. The molecule has 1 aliphatic heterocycles. The second-order valence-electron chi connectivity index (χ2n) is 7.63. The number of amides is 2. The van der Waals surface area contributed by atoms with Gasteiger partial charge in [-0.2, -0.15) is 0 Å². The molecule has 0 bridgehead atoms. The number of hydrogen-bond acceptors (Lipinski definition) is 3. The Morgan fingerprint density at radius 1 is 1.04 bits per heavy atom. The van der Waals surface area contributed by atoms with Gasteiger partial charge in [0.25, 0.3) is 0 Å². The van der Waals surface area contributed by atoms with Crippen LogP contribution in [0.15, 0.2) is 0 Å². The van der Waals surface area contributed by atoms with Crippen molar-refractivity contribution in [2.75, 3.05) is 26.2 Å². The predicted octanol–water partition coefficient (Wildman–Crippen LogP) is 1.67. The Morgan fingerprint density at radius 3 is 2.57 bits per heavy atom. The summed E-state index contributed by atoms with van der Waals surface area (Å²) in [4.78, 5) is 26.0. The Morgan fingerprint density at radius 2 is 1.83 bits per heavy atom. The lowest BCUT2D eigenvalue weighted by atomic mass is 10.1. The van der Waals surface area contributed by atoms with Gasteiger partial charge in [0, 0.05) is 44.6 Å². The summed E-state index contributed by atoms with van der Waals surface area (Å²) in [6.45, 7) is 3.99. The highest BCUT2D eigenvalue weighted by molar-refractivity contribution is 5.81. The molecule has 1 heterocycles. The molecule has 130 valence electrons. The van der Waals surface area contributed by atoms with E-state index in [1.54, 1.807) is 0 Å². The van der Waals surface area contributed by atoms with Crippen molar-refractivity contribution >= 4 is 11.8 Å². The van der Waals surface area contributed by atoms with E-state index in [-0.39, 0.29) is 17.7 Å². The van der Waals surface area contributed by atoms with Crippen LogP contribution in [0.25, 0.3) is 0 Å². The van der Waals surface area contributed by atoms with Gasteiger partial charge in [0.1, 0.15) is 0 Å². The van der Waals surface area contributed by atoms with Gasteiger partial charge in [-0.15, -0.1) is 0 Å². The van der Waals surface area contributed by atoms with Crippen molar-refractivity contribution in [3.63, 3.8) is 0 Å². The normalized spacial score (nSPS) is 25.7. The molecule has 2 aliphatic carbocycles. The molecule has 1 atom stereocenters. The second-order valence-corrected chi connectivity index (χ2v) is 7.63. The second kappa shape index (κ2) is 8.13. The summed E-state index contributed by atoms with van der Waals surface area (Å²) in [5.41, 5.74) is 0. The van der Waals surface area contributed by atoms with E-state index in [4.69, 9.17) is 0 Å². The fourth-order valence-electron chi connectivity index (χ4n) is 3.92. The number of nitrogens with zero attached hydrogens (tertiary/aromatic N) is 1. The highest BCUT2D eigenvalue weighted by Gasteiger charge is 2.29. The first-order valence-electron chi connectivity index (χ1n) is 9.50. The highest BCUT2D eigenvalue weighted by Crippen LogP contribution is 2.28. The summed E-state index contributed by atoms with van der Waals surface area (Å²) in [6.07, 6.45) is 9.98. The molecule has 0 spiro atoms. The predicted molar refractivity (Wildman–Crippen MR) is 89.9 cm³/mol. The van der Waals surface area contributed by atoms with Gasteiger partial charge in [-0.3, -0.25) is 9.59 Å². The van der Waals surface area contributed by atoms with Crippen LogP contribution in [0.4, 0.5) is 0 Å². The van der Waals surface area contributed by atoms with E-state index < -0.39 is 0 Å². The zero-order valence-corrected chi connectivity index (χ0v) is 14.2. The first-order chi connectivity index (χ1) is 11.2. The van der Waals surface area contributed by atoms with Crippen LogP contribution in [0.1, 0.15) is 57.8 Å². The maximum Gasteiger partial charge on any atom is 0.223 e. The Bertz CT molecular complexity index is 416. The van der Waals surface area contributed by atoms with Gasteiger partial charge in [0.15, 0.2) is 0 Å². The van der Waals surface area contributed by atoms with Crippen molar-refractivity contribution in [3.8, 4) is 0 Å². The Kier molecular flexibility index (Phi) is 5.92.